The lowest BCUT2D eigenvalue weighted by atomic mass is 10.2. The van der Waals surface area contributed by atoms with Gasteiger partial charge in [-0.1, -0.05) is 18.2 Å². The lowest BCUT2D eigenvalue weighted by molar-refractivity contribution is -0.121. The van der Waals surface area contributed by atoms with E-state index < -0.39 is 0 Å². The van der Waals surface area contributed by atoms with Gasteiger partial charge in [-0.05, 0) is 62.4 Å². The number of carbonyl (C=O) groups is 2. The Morgan fingerprint density at radius 1 is 0.800 bits per heavy atom. The number of amides is 2. The Hall–Kier alpha value is -4.40. The number of para-hydroxylation sites is 1. The number of pyridine rings is 1. The Morgan fingerprint density at radius 3 is 2.09 bits per heavy atom. The van der Waals surface area contributed by atoms with E-state index in [1.165, 1.54) is 0 Å². The molecule has 0 saturated carbocycles. The number of anilines is 2. The Kier molecular flexibility index (Phi) is 7.25. The van der Waals surface area contributed by atoms with Gasteiger partial charge in [0.25, 0.3) is 0 Å². The van der Waals surface area contributed by atoms with Crippen molar-refractivity contribution in [1.29, 1.82) is 0 Å². The zero-order chi connectivity index (χ0) is 24.8. The molecule has 0 spiro atoms. The number of fused-ring (bicyclic) bond motifs is 1. The molecule has 0 radical (unpaired) electrons. The molecule has 2 aromatic heterocycles. The molecule has 2 N–H and O–H groups in total. The third kappa shape index (κ3) is 5.57. The number of rotatable bonds is 9. The number of nitrogens with zero attached hydrogens (tertiary/aromatic N) is 3. The molecule has 0 atom stereocenters. The van der Waals surface area contributed by atoms with Crippen LogP contribution in [0.25, 0.3) is 11.2 Å². The van der Waals surface area contributed by atoms with Gasteiger partial charge in [-0.25, -0.2) is 9.78 Å². The maximum atomic E-state index is 12.5. The van der Waals surface area contributed by atoms with Crippen LogP contribution in [0.4, 0.5) is 11.5 Å². The van der Waals surface area contributed by atoms with Gasteiger partial charge in [-0.15, -0.1) is 0 Å². The highest BCUT2D eigenvalue weighted by Gasteiger charge is 2.14. The van der Waals surface area contributed by atoms with Crippen LogP contribution in [-0.4, -0.2) is 25.9 Å². The number of imidazole rings is 1. The molecular formula is C26H27N5O4. The number of aromatic nitrogens is 3. The number of ether oxygens (including phenoxy) is 1. The second-order valence-corrected chi connectivity index (χ2v) is 7.85. The van der Waals surface area contributed by atoms with Crippen LogP contribution < -0.4 is 21.1 Å². The molecule has 0 bridgehead atoms. The van der Waals surface area contributed by atoms with Crippen LogP contribution in [0.1, 0.15) is 26.7 Å². The molecule has 0 unspecified atom stereocenters. The molecule has 0 aliphatic rings. The van der Waals surface area contributed by atoms with Gasteiger partial charge in [0.2, 0.25) is 11.8 Å². The molecular weight excluding hydrogens is 446 g/mol. The van der Waals surface area contributed by atoms with E-state index in [4.69, 9.17) is 4.74 Å². The first-order valence-corrected chi connectivity index (χ1v) is 11.5. The van der Waals surface area contributed by atoms with E-state index >= 15 is 0 Å². The zero-order valence-corrected chi connectivity index (χ0v) is 19.7. The first-order valence-electron chi connectivity index (χ1n) is 11.5. The Bertz CT molecular complexity index is 1390. The molecule has 0 aliphatic carbocycles. The molecule has 2 amide bonds. The summed E-state index contributed by atoms with van der Waals surface area (Å²) in [5, 5.41) is 5.49. The lowest BCUT2D eigenvalue weighted by Crippen LogP contribution is -2.23. The van der Waals surface area contributed by atoms with Crippen molar-refractivity contribution in [3.8, 4) is 11.5 Å². The third-order valence-electron chi connectivity index (χ3n) is 5.46. The van der Waals surface area contributed by atoms with E-state index in [9.17, 15) is 14.4 Å². The summed E-state index contributed by atoms with van der Waals surface area (Å²) in [6.45, 7) is 4.78. The van der Waals surface area contributed by atoms with Crippen molar-refractivity contribution in [2.75, 3.05) is 10.6 Å². The second-order valence-electron chi connectivity index (χ2n) is 7.85. The standard InChI is InChI=1S/C26H27N5O4/c1-3-30-21-14-15-22(29-25(21)31(4-2)26(30)34)28-24(33)17-16-23(32)27-18-10-12-20(13-11-18)35-19-8-6-5-7-9-19/h5-15H,3-4,16-17H2,1-2H3,(H,27,32)(H,28,29,33). The van der Waals surface area contributed by atoms with Crippen LogP contribution in [0.15, 0.2) is 71.5 Å². The third-order valence-corrected chi connectivity index (χ3v) is 5.46. The average molecular weight is 474 g/mol. The minimum atomic E-state index is -0.334. The van der Waals surface area contributed by atoms with Crippen LogP contribution in [0.3, 0.4) is 0 Å². The quantitative estimate of drug-likeness (QED) is 0.375. The minimum absolute atomic E-state index is 0.00267. The molecule has 0 fully saturated rings. The van der Waals surface area contributed by atoms with Gasteiger partial charge in [0.05, 0.1) is 5.52 Å². The van der Waals surface area contributed by atoms with E-state index in [2.05, 4.69) is 15.6 Å². The molecule has 9 heteroatoms. The van der Waals surface area contributed by atoms with Crippen LogP contribution in [0, 0.1) is 0 Å². The highest BCUT2D eigenvalue weighted by molar-refractivity contribution is 5.96. The van der Waals surface area contributed by atoms with E-state index in [1.54, 1.807) is 45.5 Å². The van der Waals surface area contributed by atoms with Crippen molar-refractivity contribution >= 4 is 34.5 Å². The van der Waals surface area contributed by atoms with Crippen molar-refractivity contribution in [1.82, 2.24) is 14.1 Å². The SMILES string of the molecule is CCn1c(=O)n(CC)c2nc(NC(=O)CCC(=O)Nc3ccc(Oc4ccccc4)cc3)ccc21. The Morgan fingerprint density at radius 2 is 1.43 bits per heavy atom. The predicted molar refractivity (Wildman–Crippen MR) is 135 cm³/mol. The summed E-state index contributed by atoms with van der Waals surface area (Å²) < 4.78 is 8.95. The van der Waals surface area contributed by atoms with Crippen molar-refractivity contribution in [3.05, 3.63) is 77.2 Å². The molecule has 0 saturated heterocycles. The van der Waals surface area contributed by atoms with Gasteiger partial charge < -0.3 is 15.4 Å². The molecule has 4 rings (SSSR count). The molecule has 0 aliphatic heterocycles. The summed E-state index contributed by atoms with van der Waals surface area (Å²) in [7, 11) is 0. The number of hydrogen-bond acceptors (Lipinski definition) is 5. The van der Waals surface area contributed by atoms with Crippen LogP contribution in [0.5, 0.6) is 11.5 Å². The highest BCUT2D eigenvalue weighted by atomic mass is 16.5. The molecule has 35 heavy (non-hydrogen) atoms. The molecule has 2 heterocycles. The van der Waals surface area contributed by atoms with Gasteiger partial charge >= 0.3 is 5.69 Å². The van der Waals surface area contributed by atoms with Gasteiger partial charge in [-0.3, -0.25) is 18.7 Å². The predicted octanol–water partition coefficient (Wildman–Crippen LogP) is 4.39. The zero-order valence-electron chi connectivity index (χ0n) is 19.7. The topological polar surface area (TPSA) is 107 Å². The molecule has 9 nitrogen and oxygen atoms in total. The fourth-order valence-electron chi connectivity index (χ4n) is 3.74. The molecule has 180 valence electrons. The van der Waals surface area contributed by atoms with E-state index in [0.717, 1.165) is 11.3 Å². The van der Waals surface area contributed by atoms with Gasteiger partial charge in [-0.2, -0.15) is 0 Å². The van der Waals surface area contributed by atoms with Crippen molar-refractivity contribution < 1.29 is 14.3 Å². The summed E-state index contributed by atoms with van der Waals surface area (Å²) in [5.41, 5.74) is 1.73. The highest BCUT2D eigenvalue weighted by Crippen LogP contribution is 2.22. The second kappa shape index (κ2) is 10.7. The largest absolute Gasteiger partial charge is 0.457 e. The number of nitrogens with one attached hydrogen (secondary N) is 2. The fourth-order valence-corrected chi connectivity index (χ4v) is 3.74. The summed E-state index contributed by atoms with van der Waals surface area (Å²) in [4.78, 5) is 41.6. The first kappa shape index (κ1) is 23.7. The molecule has 4 aromatic rings. The first-order chi connectivity index (χ1) is 17.0. The monoisotopic (exact) mass is 473 g/mol. The maximum absolute atomic E-state index is 12.5. The minimum Gasteiger partial charge on any atom is -0.457 e. The number of benzene rings is 2. The van der Waals surface area contributed by atoms with E-state index in [1.807, 2.05) is 44.2 Å². The van der Waals surface area contributed by atoms with Gasteiger partial charge in [0, 0.05) is 31.6 Å². The molecule has 2 aromatic carbocycles. The van der Waals surface area contributed by atoms with E-state index in [0.29, 0.717) is 36.0 Å². The van der Waals surface area contributed by atoms with Crippen molar-refractivity contribution in [3.63, 3.8) is 0 Å². The van der Waals surface area contributed by atoms with Crippen molar-refractivity contribution in [2.24, 2.45) is 0 Å². The maximum Gasteiger partial charge on any atom is 0.330 e. The van der Waals surface area contributed by atoms with Crippen LogP contribution >= 0.6 is 0 Å². The average Bonchev–Trinajstić information content (AvgIpc) is 3.14. The number of hydrogen-bond donors (Lipinski definition) is 2. The summed E-state index contributed by atoms with van der Waals surface area (Å²) in [6, 6.07) is 19.8. The summed E-state index contributed by atoms with van der Waals surface area (Å²) >= 11 is 0. The van der Waals surface area contributed by atoms with Crippen LogP contribution in [-0.2, 0) is 22.7 Å². The summed E-state index contributed by atoms with van der Waals surface area (Å²) in [6.07, 6.45) is 0.0134. The van der Waals surface area contributed by atoms with E-state index in [-0.39, 0.29) is 30.3 Å². The Labute approximate surface area is 202 Å². The fraction of sp³-hybridized carbons (Fsp3) is 0.231. The number of aryl methyl sites for hydroxylation is 2. The Balaban J connectivity index is 1.30. The number of carbonyl (C=O) groups excluding carboxylic acids is 2. The van der Waals surface area contributed by atoms with Gasteiger partial charge in [0.1, 0.15) is 17.3 Å². The summed E-state index contributed by atoms with van der Waals surface area (Å²) in [5.74, 6) is 1.11. The van der Waals surface area contributed by atoms with Crippen LogP contribution in [0.2, 0.25) is 0 Å². The van der Waals surface area contributed by atoms with Gasteiger partial charge in [0.15, 0.2) is 5.65 Å². The normalized spacial score (nSPS) is 10.8. The smallest absolute Gasteiger partial charge is 0.330 e. The lowest BCUT2D eigenvalue weighted by Gasteiger charge is -2.08. The van der Waals surface area contributed by atoms with Crippen molar-refractivity contribution in [2.45, 2.75) is 39.8 Å².